The van der Waals surface area contributed by atoms with Gasteiger partial charge in [0.2, 0.25) is 5.82 Å². The van der Waals surface area contributed by atoms with Gasteiger partial charge < -0.3 is 10.5 Å². The van der Waals surface area contributed by atoms with Crippen LogP contribution in [-0.2, 0) is 0 Å². The number of anilines is 1. The third-order valence-corrected chi connectivity index (χ3v) is 1.89. The summed E-state index contributed by atoms with van der Waals surface area (Å²) in [5, 5.41) is 0. The van der Waals surface area contributed by atoms with Crippen molar-refractivity contribution in [3.05, 3.63) is 23.8 Å². The van der Waals surface area contributed by atoms with Crippen molar-refractivity contribution in [2.45, 2.75) is 18.9 Å². The number of nitrogen functional groups attached to an aromatic ring is 1. The van der Waals surface area contributed by atoms with Gasteiger partial charge in [-0.25, -0.2) is 4.39 Å². The fourth-order valence-corrected chi connectivity index (χ4v) is 1.00. The molecule has 2 nitrogen and oxygen atoms in total. The molecule has 4 heteroatoms. The highest BCUT2D eigenvalue weighted by Gasteiger charge is 2.25. The SMILES string of the molecule is Nc1ccc(OC2CC2)c(F)c1F. The van der Waals surface area contributed by atoms with Gasteiger partial charge in [0.05, 0.1) is 11.8 Å². The summed E-state index contributed by atoms with van der Waals surface area (Å²) in [5.74, 6) is -2.07. The normalized spacial score (nSPS) is 15.8. The van der Waals surface area contributed by atoms with Crippen LogP contribution in [0, 0.1) is 11.6 Å². The first-order valence-electron chi connectivity index (χ1n) is 4.08. The minimum atomic E-state index is -1.03. The Morgan fingerprint density at radius 1 is 1.23 bits per heavy atom. The molecule has 0 saturated heterocycles. The van der Waals surface area contributed by atoms with Crippen molar-refractivity contribution in [3.8, 4) is 5.75 Å². The summed E-state index contributed by atoms with van der Waals surface area (Å²) in [6, 6.07) is 2.65. The summed E-state index contributed by atoms with van der Waals surface area (Å²) in [6.45, 7) is 0. The van der Waals surface area contributed by atoms with E-state index in [-0.39, 0.29) is 17.5 Å². The highest BCUT2D eigenvalue weighted by Crippen LogP contribution is 2.30. The zero-order chi connectivity index (χ0) is 9.42. The minimum Gasteiger partial charge on any atom is -0.487 e. The van der Waals surface area contributed by atoms with E-state index < -0.39 is 11.6 Å². The summed E-state index contributed by atoms with van der Waals surface area (Å²) in [6.07, 6.45) is 1.87. The molecule has 0 heterocycles. The van der Waals surface area contributed by atoms with Crippen LogP contribution in [0.2, 0.25) is 0 Å². The topological polar surface area (TPSA) is 35.2 Å². The van der Waals surface area contributed by atoms with Gasteiger partial charge in [0.25, 0.3) is 0 Å². The predicted molar refractivity (Wildman–Crippen MR) is 44.4 cm³/mol. The van der Waals surface area contributed by atoms with Crippen molar-refractivity contribution < 1.29 is 13.5 Å². The first kappa shape index (κ1) is 8.29. The highest BCUT2D eigenvalue weighted by molar-refractivity contribution is 5.44. The molecule has 0 aromatic heterocycles. The Kier molecular flexibility index (Phi) is 1.83. The van der Waals surface area contributed by atoms with Crippen LogP contribution >= 0.6 is 0 Å². The summed E-state index contributed by atoms with van der Waals surface area (Å²) in [7, 11) is 0. The van der Waals surface area contributed by atoms with Crippen LogP contribution in [-0.4, -0.2) is 6.10 Å². The lowest BCUT2D eigenvalue weighted by atomic mass is 10.3. The first-order valence-corrected chi connectivity index (χ1v) is 4.08. The Labute approximate surface area is 74.3 Å². The molecule has 0 radical (unpaired) electrons. The zero-order valence-corrected chi connectivity index (χ0v) is 6.89. The number of hydrogen-bond donors (Lipinski definition) is 1. The molecule has 13 heavy (non-hydrogen) atoms. The van der Waals surface area contributed by atoms with Gasteiger partial charge in [0, 0.05) is 0 Å². The molecule has 1 saturated carbocycles. The number of rotatable bonds is 2. The summed E-state index contributed by atoms with van der Waals surface area (Å²) < 4.78 is 31.1. The van der Waals surface area contributed by atoms with Crippen molar-refractivity contribution in [2.75, 3.05) is 5.73 Å². The third-order valence-electron chi connectivity index (χ3n) is 1.89. The maximum absolute atomic E-state index is 13.1. The number of benzene rings is 1. The van der Waals surface area contributed by atoms with Crippen LogP contribution in [0.3, 0.4) is 0 Å². The summed E-state index contributed by atoms with van der Waals surface area (Å²) in [4.78, 5) is 0. The van der Waals surface area contributed by atoms with E-state index in [0.29, 0.717) is 0 Å². The minimum absolute atomic E-state index is 0.0470. The molecular formula is C9H9F2NO. The number of hydrogen-bond acceptors (Lipinski definition) is 2. The molecule has 1 aliphatic carbocycles. The average molecular weight is 185 g/mol. The second-order valence-electron chi connectivity index (χ2n) is 3.10. The fourth-order valence-electron chi connectivity index (χ4n) is 1.00. The first-order chi connectivity index (χ1) is 6.18. The summed E-state index contributed by atoms with van der Waals surface area (Å²) in [5.41, 5.74) is 4.97. The molecule has 2 rings (SSSR count). The van der Waals surface area contributed by atoms with Crippen molar-refractivity contribution in [1.82, 2.24) is 0 Å². The predicted octanol–water partition coefficient (Wildman–Crippen LogP) is 2.09. The van der Waals surface area contributed by atoms with Crippen LogP contribution in [0.1, 0.15) is 12.8 Å². The fraction of sp³-hybridized carbons (Fsp3) is 0.333. The van der Waals surface area contributed by atoms with Crippen molar-refractivity contribution >= 4 is 5.69 Å². The molecule has 70 valence electrons. The van der Waals surface area contributed by atoms with E-state index in [4.69, 9.17) is 10.5 Å². The van der Waals surface area contributed by atoms with Gasteiger partial charge in [-0.15, -0.1) is 0 Å². The van der Waals surface area contributed by atoms with Gasteiger partial charge in [0.15, 0.2) is 11.6 Å². The van der Waals surface area contributed by atoms with Crippen LogP contribution < -0.4 is 10.5 Å². The van der Waals surface area contributed by atoms with E-state index in [0.717, 1.165) is 12.8 Å². The van der Waals surface area contributed by atoms with Gasteiger partial charge in [0.1, 0.15) is 0 Å². The van der Waals surface area contributed by atoms with Crippen LogP contribution in [0.15, 0.2) is 12.1 Å². The maximum atomic E-state index is 13.1. The number of ether oxygens (including phenoxy) is 1. The molecular weight excluding hydrogens is 176 g/mol. The number of halogens is 2. The molecule has 1 fully saturated rings. The van der Waals surface area contributed by atoms with Gasteiger partial charge in [-0.1, -0.05) is 0 Å². The lowest BCUT2D eigenvalue weighted by Gasteiger charge is -2.06. The van der Waals surface area contributed by atoms with Gasteiger partial charge in [-0.3, -0.25) is 0 Å². The molecule has 0 atom stereocenters. The Bertz CT molecular complexity index is 337. The van der Waals surface area contributed by atoms with E-state index >= 15 is 0 Å². The van der Waals surface area contributed by atoms with Crippen molar-refractivity contribution in [3.63, 3.8) is 0 Å². The Balaban J connectivity index is 2.29. The van der Waals surface area contributed by atoms with E-state index in [9.17, 15) is 8.78 Å². The molecule has 0 unspecified atom stereocenters. The maximum Gasteiger partial charge on any atom is 0.202 e. The van der Waals surface area contributed by atoms with E-state index in [1.54, 1.807) is 0 Å². The molecule has 1 aromatic rings. The third kappa shape index (κ3) is 1.56. The molecule has 1 aromatic carbocycles. The average Bonchev–Trinajstić information content (AvgIpc) is 2.90. The van der Waals surface area contributed by atoms with Crippen LogP contribution in [0.4, 0.5) is 14.5 Å². The van der Waals surface area contributed by atoms with Crippen LogP contribution in [0.25, 0.3) is 0 Å². The van der Waals surface area contributed by atoms with E-state index in [1.807, 2.05) is 0 Å². The molecule has 0 bridgehead atoms. The van der Waals surface area contributed by atoms with Crippen LogP contribution in [0.5, 0.6) is 5.75 Å². The van der Waals surface area contributed by atoms with Crippen molar-refractivity contribution in [2.24, 2.45) is 0 Å². The lowest BCUT2D eigenvalue weighted by molar-refractivity contribution is 0.282. The molecule has 0 amide bonds. The summed E-state index contributed by atoms with van der Waals surface area (Å²) >= 11 is 0. The lowest BCUT2D eigenvalue weighted by Crippen LogP contribution is -2.02. The Morgan fingerprint density at radius 3 is 2.54 bits per heavy atom. The largest absolute Gasteiger partial charge is 0.487 e. The van der Waals surface area contributed by atoms with Gasteiger partial charge in [-0.2, -0.15) is 4.39 Å². The van der Waals surface area contributed by atoms with E-state index in [2.05, 4.69) is 0 Å². The molecule has 0 spiro atoms. The Hall–Kier alpha value is -1.32. The molecule has 1 aliphatic rings. The quantitative estimate of drug-likeness (QED) is 0.716. The van der Waals surface area contributed by atoms with Crippen molar-refractivity contribution in [1.29, 1.82) is 0 Å². The zero-order valence-electron chi connectivity index (χ0n) is 6.89. The standard InChI is InChI=1S/C9H9F2NO/c10-8-6(12)3-4-7(9(8)11)13-5-1-2-5/h3-5H,1-2,12H2. The van der Waals surface area contributed by atoms with Gasteiger partial charge in [-0.05, 0) is 25.0 Å². The Morgan fingerprint density at radius 2 is 1.92 bits per heavy atom. The second-order valence-corrected chi connectivity index (χ2v) is 3.10. The van der Waals surface area contributed by atoms with E-state index in [1.165, 1.54) is 12.1 Å². The number of nitrogens with two attached hydrogens (primary N) is 1. The molecule has 0 aliphatic heterocycles. The smallest absolute Gasteiger partial charge is 0.202 e. The molecule has 2 N–H and O–H groups in total. The highest BCUT2D eigenvalue weighted by atomic mass is 19.2. The second kappa shape index (κ2) is 2.87. The monoisotopic (exact) mass is 185 g/mol. The van der Waals surface area contributed by atoms with Gasteiger partial charge >= 0.3 is 0 Å².